The van der Waals surface area contributed by atoms with E-state index in [0.717, 1.165) is 4.31 Å². The smallest absolute Gasteiger partial charge is 0.329 e. The van der Waals surface area contributed by atoms with Crippen molar-refractivity contribution >= 4 is 10.2 Å². The van der Waals surface area contributed by atoms with Crippen molar-refractivity contribution in [3.8, 4) is 0 Å². The fourth-order valence-corrected chi connectivity index (χ4v) is 3.83. The molecule has 0 radical (unpaired) electrons. The number of alkyl halides is 3. The number of hydrogen-bond acceptors (Lipinski definition) is 3. The van der Waals surface area contributed by atoms with Crippen LogP contribution < -0.4 is 10.5 Å². The van der Waals surface area contributed by atoms with Crippen LogP contribution in [0.2, 0.25) is 0 Å². The van der Waals surface area contributed by atoms with Crippen LogP contribution in [-0.4, -0.2) is 44.1 Å². The molecule has 0 unspecified atom stereocenters. The van der Waals surface area contributed by atoms with Crippen LogP contribution in [0.5, 0.6) is 0 Å². The molecule has 0 aliphatic heterocycles. The third kappa shape index (κ3) is 5.19. The zero-order valence-electron chi connectivity index (χ0n) is 12.1. The van der Waals surface area contributed by atoms with Gasteiger partial charge in [0.2, 0.25) is 0 Å². The van der Waals surface area contributed by atoms with Gasteiger partial charge in [0.1, 0.15) is 6.54 Å². The van der Waals surface area contributed by atoms with E-state index >= 15 is 0 Å². The Balaban J connectivity index is 5.34. The number of nitrogens with two attached hydrogens (primary N) is 1. The van der Waals surface area contributed by atoms with Crippen molar-refractivity contribution < 1.29 is 21.6 Å². The van der Waals surface area contributed by atoms with Gasteiger partial charge in [-0.3, -0.25) is 0 Å². The molecule has 0 fully saturated rings. The van der Waals surface area contributed by atoms with Gasteiger partial charge in [0.15, 0.2) is 0 Å². The summed E-state index contributed by atoms with van der Waals surface area (Å²) in [6.07, 6.45) is -3.22. The van der Waals surface area contributed by atoms with E-state index in [-0.39, 0.29) is 13.1 Å². The Morgan fingerprint density at radius 1 is 1.15 bits per heavy atom. The van der Waals surface area contributed by atoms with Crippen LogP contribution in [-0.2, 0) is 10.2 Å². The van der Waals surface area contributed by atoms with Crippen LogP contribution in [0.3, 0.4) is 0 Å². The molecule has 0 aliphatic rings. The summed E-state index contributed by atoms with van der Waals surface area (Å²) in [7, 11) is -4.23. The van der Waals surface area contributed by atoms with Gasteiger partial charge in [-0.2, -0.15) is 30.6 Å². The molecule has 5 nitrogen and oxygen atoms in total. The normalized spacial score (nSPS) is 14.0. The molecule has 0 bridgehead atoms. The second-order valence-electron chi connectivity index (χ2n) is 4.65. The summed E-state index contributed by atoms with van der Waals surface area (Å²) in [5.41, 5.74) is 4.83. The maximum absolute atomic E-state index is 12.2. The van der Waals surface area contributed by atoms with E-state index in [0.29, 0.717) is 19.3 Å². The monoisotopic (exact) mass is 319 g/mol. The van der Waals surface area contributed by atoms with Gasteiger partial charge in [-0.15, -0.1) is 0 Å². The lowest BCUT2D eigenvalue weighted by Crippen LogP contribution is -2.59. The van der Waals surface area contributed by atoms with Crippen LogP contribution >= 0.6 is 0 Å². The average Bonchev–Trinajstić information content (AvgIpc) is 2.37. The Bertz CT molecular complexity index is 373. The lowest BCUT2D eigenvalue weighted by molar-refractivity contribution is -0.121. The minimum absolute atomic E-state index is 0.0624. The molecular weight excluding hydrogens is 295 g/mol. The first kappa shape index (κ1) is 19.6. The van der Waals surface area contributed by atoms with Crippen LogP contribution in [0, 0.1) is 0 Å². The van der Waals surface area contributed by atoms with Gasteiger partial charge in [-0.25, -0.2) is 0 Å². The van der Waals surface area contributed by atoms with Gasteiger partial charge in [-0.05, 0) is 19.3 Å². The molecule has 0 aromatic rings. The standard InChI is InChI=1S/C11H24F3N3O2S/c1-4-7-17(10(5-2,6-3)8-15)20(18,19)16-9-11(12,13)14/h16H,4-9,15H2,1-3H3. The first-order chi connectivity index (χ1) is 9.08. The topological polar surface area (TPSA) is 75.4 Å². The van der Waals surface area contributed by atoms with Gasteiger partial charge in [-0.1, -0.05) is 20.8 Å². The third-order valence-electron chi connectivity index (χ3n) is 3.40. The predicted molar refractivity (Wildman–Crippen MR) is 72.3 cm³/mol. The zero-order chi connectivity index (χ0) is 16.0. The second kappa shape index (κ2) is 7.58. The highest BCUT2D eigenvalue weighted by Gasteiger charge is 2.41. The van der Waals surface area contributed by atoms with Crippen molar-refractivity contribution in [3.05, 3.63) is 0 Å². The molecule has 9 heteroatoms. The van der Waals surface area contributed by atoms with Crippen molar-refractivity contribution in [1.29, 1.82) is 0 Å². The van der Waals surface area contributed by atoms with Crippen molar-refractivity contribution in [1.82, 2.24) is 9.03 Å². The van der Waals surface area contributed by atoms with Crippen LogP contribution in [0.1, 0.15) is 40.0 Å². The minimum atomic E-state index is -4.59. The molecule has 0 amide bonds. The largest absolute Gasteiger partial charge is 0.402 e. The van der Waals surface area contributed by atoms with E-state index in [4.69, 9.17) is 5.73 Å². The summed E-state index contributed by atoms with van der Waals surface area (Å²) < 4.78 is 63.6. The molecule has 0 aliphatic carbocycles. The second-order valence-corrected chi connectivity index (χ2v) is 6.33. The number of nitrogens with zero attached hydrogens (tertiary/aromatic N) is 1. The van der Waals surface area contributed by atoms with Crippen molar-refractivity contribution in [2.45, 2.75) is 51.7 Å². The van der Waals surface area contributed by atoms with Crippen LogP contribution in [0.4, 0.5) is 13.2 Å². The predicted octanol–water partition coefficient (Wildman–Crippen LogP) is 1.61. The molecular formula is C11H24F3N3O2S. The summed E-state index contributed by atoms with van der Waals surface area (Å²) in [5, 5.41) is 0. The first-order valence-corrected chi connectivity index (χ1v) is 8.06. The Labute approximate surface area is 118 Å². The Hall–Kier alpha value is -0.380. The van der Waals surface area contributed by atoms with E-state index < -0.39 is 28.5 Å². The summed E-state index contributed by atoms with van der Waals surface area (Å²) in [4.78, 5) is 0. The molecule has 0 aromatic carbocycles. The third-order valence-corrected chi connectivity index (χ3v) is 5.06. The quantitative estimate of drug-likeness (QED) is 0.678. The molecule has 20 heavy (non-hydrogen) atoms. The number of rotatable bonds is 9. The maximum atomic E-state index is 12.2. The summed E-state index contributed by atoms with van der Waals surface area (Å²) in [6, 6.07) is 0. The fourth-order valence-electron chi connectivity index (χ4n) is 2.06. The number of hydrogen-bond donors (Lipinski definition) is 2. The summed E-state index contributed by atoms with van der Waals surface area (Å²) >= 11 is 0. The van der Waals surface area contributed by atoms with E-state index in [1.807, 2.05) is 0 Å². The summed E-state index contributed by atoms with van der Waals surface area (Å²) in [6.45, 7) is 3.93. The van der Waals surface area contributed by atoms with Crippen molar-refractivity contribution in [3.63, 3.8) is 0 Å². The molecule has 0 aromatic heterocycles. The van der Waals surface area contributed by atoms with E-state index in [1.54, 1.807) is 25.5 Å². The average molecular weight is 319 g/mol. The highest BCUT2D eigenvalue weighted by Crippen LogP contribution is 2.26. The first-order valence-electron chi connectivity index (χ1n) is 6.62. The molecule has 122 valence electrons. The number of nitrogens with one attached hydrogen (secondary N) is 1. The van der Waals surface area contributed by atoms with E-state index in [1.165, 1.54) is 0 Å². The van der Waals surface area contributed by atoms with Crippen LogP contribution in [0.15, 0.2) is 0 Å². The lowest BCUT2D eigenvalue weighted by Gasteiger charge is -2.41. The van der Waals surface area contributed by atoms with Gasteiger partial charge in [0, 0.05) is 18.6 Å². The number of halogens is 3. The Morgan fingerprint density at radius 2 is 1.65 bits per heavy atom. The minimum Gasteiger partial charge on any atom is -0.329 e. The fraction of sp³-hybridized carbons (Fsp3) is 1.00. The highest BCUT2D eigenvalue weighted by molar-refractivity contribution is 7.87. The Morgan fingerprint density at radius 3 is 1.95 bits per heavy atom. The van der Waals surface area contributed by atoms with Gasteiger partial charge >= 0.3 is 6.18 Å². The highest BCUT2D eigenvalue weighted by atomic mass is 32.2. The lowest BCUT2D eigenvalue weighted by atomic mass is 9.93. The van der Waals surface area contributed by atoms with Crippen molar-refractivity contribution in [2.75, 3.05) is 19.6 Å². The summed E-state index contributed by atoms with van der Waals surface area (Å²) in [5.74, 6) is 0. The Kier molecular flexibility index (Phi) is 7.43. The maximum Gasteiger partial charge on any atom is 0.402 e. The van der Waals surface area contributed by atoms with Crippen LogP contribution in [0.25, 0.3) is 0 Å². The van der Waals surface area contributed by atoms with Gasteiger partial charge < -0.3 is 5.73 Å². The van der Waals surface area contributed by atoms with Gasteiger partial charge in [0.05, 0.1) is 0 Å². The van der Waals surface area contributed by atoms with E-state index in [2.05, 4.69) is 0 Å². The van der Waals surface area contributed by atoms with E-state index in [9.17, 15) is 21.6 Å². The molecule has 0 rings (SSSR count). The molecule has 0 saturated heterocycles. The molecule has 0 atom stereocenters. The molecule has 3 N–H and O–H groups in total. The molecule has 0 heterocycles. The van der Waals surface area contributed by atoms with Crippen molar-refractivity contribution in [2.24, 2.45) is 5.73 Å². The molecule has 0 saturated carbocycles. The van der Waals surface area contributed by atoms with Gasteiger partial charge in [0.25, 0.3) is 10.2 Å². The molecule has 0 spiro atoms. The SMILES string of the molecule is CCCN(C(CC)(CC)CN)S(=O)(=O)NCC(F)(F)F. The zero-order valence-corrected chi connectivity index (χ0v) is 12.9.